The summed E-state index contributed by atoms with van der Waals surface area (Å²) in [5.41, 5.74) is 2.44. The van der Waals surface area contributed by atoms with E-state index in [9.17, 15) is 0 Å². The molecular formula is C17H27ClN2S. The fourth-order valence-corrected chi connectivity index (χ4v) is 4.14. The van der Waals surface area contributed by atoms with E-state index in [1.54, 1.807) is 0 Å². The number of hydrogen-bond acceptors (Lipinski definition) is 3. The van der Waals surface area contributed by atoms with E-state index in [1.165, 1.54) is 23.4 Å². The predicted octanol–water partition coefficient (Wildman–Crippen LogP) is 4.73. The lowest BCUT2D eigenvalue weighted by molar-refractivity contribution is 0.598. The van der Waals surface area contributed by atoms with E-state index < -0.39 is 0 Å². The Morgan fingerprint density at radius 2 is 2.14 bits per heavy atom. The molecule has 2 nitrogen and oxygen atoms in total. The van der Waals surface area contributed by atoms with E-state index in [0.29, 0.717) is 10.8 Å². The summed E-state index contributed by atoms with van der Waals surface area (Å²) in [5, 5.41) is 4.31. The van der Waals surface area contributed by atoms with Gasteiger partial charge in [0, 0.05) is 29.6 Å². The first-order chi connectivity index (χ1) is 9.93. The van der Waals surface area contributed by atoms with Crippen molar-refractivity contribution in [3.8, 4) is 0 Å². The van der Waals surface area contributed by atoms with Crippen molar-refractivity contribution in [1.29, 1.82) is 0 Å². The van der Waals surface area contributed by atoms with Gasteiger partial charge in [0.25, 0.3) is 0 Å². The van der Waals surface area contributed by atoms with Gasteiger partial charge >= 0.3 is 0 Å². The largest absolute Gasteiger partial charge is 0.369 e. The van der Waals surface area contributed by atoms with Crippen LogP contribution in [0.1, 0.15) is 45.7 Å². The quantitative estimate of drug-likeness (QED) is 0.861. The Balaban J connectivity index is 2.13. The number of nitrogens with zero attached hydrogens (tertiary/aromatic N) is 1. The zero-order valence-corrected chi connectivity index (χ0v) is 15.2. The normalized spacial score (nSPS) is 20.1. The predicted molar refractivity (Wildman–Crippen MR) is 96.9 cm³/mol. The van der Waals surface area contributed by atoms with Gasteiger partial charge in [0.2, 0.25) is 0 Å². The molecule has 1 aromatic rings. The Labute approximate surface area is 138 Å². The van der Waals surface area contributed by atoms with Crippen molar-refractivity contribution >= 4 is 29.1 Å². The van der Waals surface area contributed by atoms with Crippen LogP contribution in [-0.2, 0) is 0 Å². The summed E-state index contributed by atoms with van der Waals surface area (Å²) in [7, 11) is 0. The molecular weight excluding hydrogens is 300 g/mol. The van der Waals surface area contributed by atoms with Crippen molar-refractivity contribution in [3.63, 3.8) is 0 Å². The summed E-state index contributed by atoms with van der Waals surface area (Å²) in [6.45, 7) is 12.1. The van der Waals surface area contributed by atoms with E-state index in [0.717, 1.165) is 24.7 Å². The van der Waals surface area contributed by atoms with Crippen LogP contribution in [0, 0.1) is 0 Å². The molecule has 2 rings (SSSR count). The molecule has 1 fully saturated rings. The summed E-state index contributed by atoms with van der Waals surface area (Å²) >= 11 is 8.62. The zero-order chi connectivity index (χ0) is 15.5. The molecule has 1 N–H and O–H groups in total. The smallest absolute Gasteiger partial charge is 0.0642 e. The van der Waals surface area contributed by atoms with Gasteiger partial charge in [-0.05, 0) is 37.6 Å². The van der Waals surface area contributed by atoms with Crippen LogP contribution >= 0.6 is 23.4 Å². The van der Waals surface area contributed by atoms with E-state index in [1.807, 2.05) is 0 Å². The van der Waals surface area contributed by atoms with Gasteiger partial charge in [-0.25, -0.2) is 0 Å². The number of thioether (sulfide) groups is 1. The van der Waals surface area contributed by atoms with Crippen molar-refractivity contribution in [2.45, 2.75) is 44.9 Å². The molecule has 118 valence electrons. The molecule has 0 radical (unpaired) electrons. The third kappa shape index (κ3) is 4.54. The fraction of sp³-hybridized carbons (Fsp3) is 0.647. The first kappa shape index (κ1) is 17.0. The second kappa shape index (κ2) is 7.26. The summed E-state index contributed by atoms with van der Waals surface area (Å²) in [6.07, 6.45) is 1.20. The zero-order valence-electron chi connectivity index (χ0n) is 13.6. The number of benzene rings is 1. The molecule has 1 aliphatic heterocycles. The molecule has 1 aromatic carbocycles. The Morgan fingerprint density at radius 1 is 1.38 bits per heavy atom. The Hall–Kier alpha value is -0.380. The molecule has 1 heterocycles. The highest BCUT2D eigenvalue weighted by molar-refractivity contribution is 8.00. The Morgan fingerprint density at radius 3 is 2.81 bits per heavy atom. The topological polar surface area (TPSA) is 15.3 Å². The van der Waals surface area contributed by atoms with E-state index in [4.69, 9.17) is 11.6 Å². The van der Waals surface area contributed by atoms with E-state index >= 15 is 0 Å². The van der Waals surface area contributed by atoms with Gasteiger partial charge in [-0.1, -0.05) is 38.4 Å². The standard InChI is InChI=1S/C17H27ClN2S/c1-5-19-13(2)14-6-7-16(15(18)12-14)20-9-8-17(3,4)21-11-10-20/h6-7,12-13,19H,5,8-11H2,1-4H3. The Bertz CT molecular complexity index is 476. The maximum Gasteiger partial charge on any atom is 0.0642 e. The summed E-state index contributed by atoms with van der Waals surface area (Å²) in [4.78, 5) is 2.44. The number of halogens is 1. The first-order valence-corrected chi connectivity index (χ1v) is 9.21. The lowest BCUT2D eigenvalue weighted by Crippen LogP contribution is -2.27. The van der Waals surface area contributed by atoms with Crippen molar-refractivity contribution < 1.29 is 0 Å². The lowest BCUT2D eigenvalue weighted by Gasteiger charge is -2.26. The third-order valence-corrected chi connectivity index (χ3v) is 5.84. The van der Waals surface area contributed by atoms with Gasteiger partial charge in [-0.3, -0.25) is 0 Å². The maximum atomic E-state index is 6.56. The van der Waals surface area contributed by atoms with Gasteiger partial charge in [-0.2, -0.15) is 11.8 Å². The van der Waals surface area contributed by atoms with Gasteiger partial charge in [0.05, 0.1) is 10.7 Å². The monoisotopic (exact) mass is 326 g/mol. The van der Waals surface area contributed by atoms with Crippen molar-refractivity contribution in [1.82, 2.24) is 5.32 Å². The van der Waals surface area contributed by atoms with Crippen LogP contribution in [0.15, 0.2) is 18.2 Å². The summed E-state index contributed by atoms with van der Waals surface area (Å²) < 4.78 is 0.376. The van der Waals surface area contributed by atoms with Crippen molar-refractivity contribution in [3.05, 3.63) is 28.8 Å². The van der Waals surface area contributed by atoms with Crippen LogP contribution < -0.4 is 10.2 Å². The molecule has 0 spiro atoms. The molecule has 0 bridgehead atoms. The average molecular weight is 327 g/mol. The second-order valence-electron chi connectivity index (χ2n) is 6.34. The number of hydrogen-bond donors (Lipinski definition) is 1. The highest BCUT2D eigenvalue weighted by atomic mass is 35.5. The molecule has 1 unspecified atom stereocenters. The molecule has 1 saturated heterocycles. The van der Waals surface area contributed by atoms with Crippen LogP contribution in [0.4, 0.5) is 5.69 Å². The highest BCUT2D eigenvalue weighted by Crippen LogP contribution is 2.35. The Kier molecular flexibility index (Phi) is 5.87. The van der Waals surface area contributed by atoms with Crippen LogP contribution in [0.5, 0.6) is 0 Å². The van der Waals surface area contributed by atoms with E-state index in [-0.39, 0.29) is 0 Å². The molecule has 0 aliphatic carbocycles. The number of anilines is 1. The molecule has 0 saturated carbocycles. The minimum Gasteiger partial charge on any atom is -0.369 e. The first-order valence-electron chi connectivity index (χ1n) is 7.84. The van der Waals surface area contributed by atoms with Gasteiger partial charge < -0.3 is 10.2 Å². The molecule has 4 heteroatoms. The minimum absolute atomic E-state index is 0.347. The molecule has 0 aromatic heterocycles. The van der Waals surface area contributed by atoms with Crippen molar-refractivity contribution in [2.24, 2.45) is 0 Å². The fourth-order valence-electron chi connectivity index (χ4n) is 2.73. The van der Waals surface area contributed by atoms with Crippen molar-refractivity contribution in [2.75, 3.05) is 30.3 Å². The van der Waals surface area contributed by atoms with Crippen LogP contribution in [0.2, 0.25) is 5.02 Å². The second-order valence-corrected chi connectivity index (χ2v) is 8.54. The highest BCUT2D eigenvalue weighted by Gasteiger charge is 2.24. The van der Waals surface area contributed by atoms with Gasteiger partial charge in [-0.15, -0.1) is 0 Å². The number of nitrogens with one attached hydrogen (secondary N) is 1. The maximum absolute atomic E-state index is 6.56. The lowest BCUT2D eigenvalue weighted by atomic mass is 10.1. The molecule has 0 amide bonds. The molecule has 21 heavy (non-hydrogen) atoms. The minimum atomic E-state index is 0.347. The number of rotatable bonds is 4. The van der Waals surface area contributed by atoms with Crippen LogP contribution in [-0.4, -0.2) is 30.1 Å². The molecule has 1 aliphatic rings. The molecule has 1 atom stereocenters. The van der Waals surface area contributed by atoms with Gasteiger partial charge in [0.15, 0.2) is 0 Å². The van der Waals surface area contributed by atoms with E-state index in [2.05, 4.69) is 67.9 Å². The average Bonchev–Trinajstić information content (AvgIpc) is 2.60. The SMILES string of the molecule is CCNC(C)c1ccc(N2CCSC(C)(C)CC2)c(Cl)c1. The summed E-state index contributed by atoms with van der Waals surface area (Å²) in [5.74, 6) is 1.17. The third-order valence-electron chi connectivity index (χ3n) is 4.16. The van der Waals surface area contributed by atoms with Gasteiger partial charge in [0.1, 0.15) is 0 Å². The van der Waals surface area contributed by atoms with Crippen LogP contribution in [0.25, 0.3) is 0 Å². The van der Waals surface area contributed by atoms with Crippen LogP contribution in [0.3, 0.4) is 0 Å². The summed E-state index contributed by atoms with van der Waals surface area (Å²) in [6, 6.07) is 6.86.